The van der Waals surface area contributed by atoms with E-state index in [0.717, 1.165) is 48.6 Å². The first-order chi connectivity index (χ1) is 11.7. The Balaban J connectivity index is 2.10. The van der Waals surface area contributed by atoms with Gasteiger partial charge < -0.3 is 10.3 Å². The molecule has 0 saturated heterocycles. The van der Waals surface area contributed by atoms with Crippen molar-refractivity contribution in [2.45, 2.75) is 46.1 Å². The Morgan fingerprint density at radius 3 is 2.79 bits per heavy atom. The van der Waals surface area contributed by atoms with Gasteiger partial charge in [0.15, 0.2) is 22.8 Å². The lowest BCUT2D eigenvalue weighted by Crippen LogP contribution is -2.03. The zero-order valence-corrected chi connectivity index (χ0v) is 14.9. The van der Waals surface area contributed by atoms with Gasteiger partial charge >= 0.3 is 0 Å². The molecule has 0 aliphatic rings. The average Bonchev–Trinajstić information content (AvgIpc) is 3.21. The minimum Gasteiger partial charge on any atom is -0.382 e. The number of hydrogen-bond acceptors (Lipinski definition) is 5. The number of anilines is 1. The highest BCUT2D eigenvalue weighted by molar-refractivity contribution is 7.13. The molecule has 0 aliphatic heterocycles. The number of aromatic nitrogens is 4. The molecule has 24 heavy (non-hydrogen) atoms. The van der Waals surface area contributed by atoms with Gasteiger partial charge in [-0.1, -0.05) is 32.3 Å². The van der Waals surface area contributed by atoms with Crippen LogP contribution in [0.5, 0.6) is 0 Å². The maximum Gasteiger partial charge on any atom is 0.208 e. The summed E-state index contributed by atoms with van der Waals surface area (Å²) in [5.41, 5.74) is 7.56. The predicted molar refractivity (Wildman–Crippen MR) is 99.7 cm³/mol. The fraction of sp³-hybridized carbons (Fsp3) is 0.389. The van der Waals surface area contributed by atoms with E-state index in [1.54, 1.807) is 11.3 Å². The van der Waals surface area contributed by atoms with Crippen molar-refractivity contribution in [2.75, 3.05) is 5.73 Å². The average molecular weight is 339 g/mol. The highest BCUT2D eigenvalue weighted by atomic mass is 32.1. The van der Waals surface area contributed by atoms with Gasteiger partial charge in [0.2, 0.25) is 5.82 Å². The van der Waals surface area contributed by atoms with E-state index in [9.17, 15) is 0 Å². The number of thiophene rings is 1. The molecule has 3 rings (SSSR count). The molecule has 0 amide bonds. The topological polar surface area (TPSA) is 69.6 Å². The van der Waals surface area contributed by atoms with E-state index >= 15 is 0 Å². The Hall–Kier alpha value is -2.39. The first-order valence-electron chi connectivity index (χ1n) is 8.31. The van der Waals surface area contributed by atoms with Gasteiger partial charge in [-0.25, -0.2) is 15.0 Å². The highest BCUT2D eigenvalue weighted by Crippen LogP contribution is 2.29. The van der Waals surface area contributed by atoms with Crippen LogP contribution in [-0.2, 0) is 6.54 Å². The number of nitrogens with zero attached hydrogens (tertiary/aromatic N) is 4. The second-order valence-electron chi connectivity index (χ2n) is 5.57. The Labute approximate surface area is 146 Å². The minimum atomic E-state index is 0.396. The molecule has 0 aliphatic carbocycles. The number of aryl methyl sites for hydroxylation is 1. The highest BCUT2D eigenvalue weighted by Gasteiger charge is 2.17. The molecule has 2 N–H and O–H groups in total. The van der Waals surface area contributed by atoms with E-state index in [0.29, 0.717) is 17.2 Å². The van der Waals surface area contributed by atoms with E-state index < -0.39 is 0 Å². The molecule has 0 fully saturated rings. The Bertz CT molecular complexity index is 884. The summed E-state index contributed by atoms with van der Waals surface area (Å²) in [6.07, 6.45) is 4.06. The standard InChI is InChI=1S/C18H21N5S/c1-3-5-6-7-10-14-20-16(19)15-18(21-14)23(11-4-2)17(22-15)13-9-8-12-24-13/h8-9,12H,3-6,11H2,1-2H3,(H2,19,20,21). The normalized spacial score (nSPS) is 10.8. The number of hydrogen-bond donors (Lipinski definition) is 1. The van der Waals surface area contributed by atoms with Gasteiger partial charge in [0.05, 0.1) is 4.88 Å². The zero-order valence-electron chi connectivity index (χ0n) is 14.0. The van der Waals surface area contributed by atoms with Crippen LogP contribution >= 0.6 is 11.3 Å². The van der Waals surface area contributed by atoms with E-state index in [1.807, 2.05) is 11.4 Å². The van der Waals surface area contributed by atoms with Crippen molar-refractivity contribution in [3.63, 3.8) is 0 Å². The summed E-state index contributed by atoms with van der Waals surface area (Å²) in [4.78, 5) is 14.7. The molecule has 5 nitrogen and oxygen atoms in total. The summed E-state index contributed by atoms with van der Waals surface area (Å²) in [6.45, 7) is 5.13. The van der Waals surface area contributed by atoms with Gasteiger partial charge in [-0.2, -0.15) is 0 Å². The molecule has 3 aromatic rings. The van der Waals surface area contributed by atoms with Crippen LogP contribution in [-0.4, -0.2) is 19.5 Å². The van der Waals surface area contributed by atoms with Gasteiger partial charge in [0, 0.05) is 13.0 Å². The van der Waals surface area contributed by atoms with Crippen molar-refractivity contribution < 1.29 is 0 Å². The van der Waals surface area contributed by atoms with E-state index in [-0.39, 0.29) is 0 Å². The molecule has 124 valence electrons. The van der Waals surface area contributed by atoms with Crippen molar-refractivity contribution in [1.29, 1.82) is 0 Å². The molecule has 0 radical (unpaired) electrons. The van der Waals surface area contributed by atoms with E-state index in [1.165, 1.54) is 0 Å². The quantitative estimate of drug-likeness (QED) is 0.561. The smallest absolute Gasteiger partial charge is 0.208 e. The molecule has 6 heteroatoms. The number of nitrogen functional groups attached to an aromatic ring is 1. The Morgan fingerprint density at radius 1 is 1.21 bits per heavy atom. The second kappa shape index (κ2) is 7.45. The van der Waals surface area contributed by atoms with Crippen LogP contribution < -0.4 is 5.73 Å². The van der Waals surface area contributed by atoms with Crippen LogP contribution in [0, 0.1) is 11.8 Å². The summed E-state index contributed by atoms with van der Waals surface area (Å²) < 4.78 is 2.12. The van der Waals surface area contributed by atoms with Crippen LogP contribution in [0.4, 0.5) is 5.82 Å². The predicted octanol–water partition coefficient (Wildman–Crippen LogP) is 4.09. The van der Waals surface area contributed by atoms with Gasteiger partial charge in [-0.3, -0.25) is 0 Å². The van der Waals surface area contributed by atoms with Gasteiger partial charge in [-0.05, 0) is 30.2 Å². The summed E-state index contributed by atoms with van der Waals surface area (Å²) >= 11 is 1.66. The zero-order chi connectivity index (χ0) is 16.9. The molecule has 0 atom stereocenters. The van der Waals surface area contributed by atoms with Crippen LogP contribution in [0.25, 0.3) is 21.9 Å². The van der Waals surface area contributed by atoms with Gasteiger partial charge in [0.25, 0.3) is 0 Å². The van der Waals surface area contributed by atoms with Crippen molar-refractivity contribution >= 4 is 28.3 Å². The summed E-state index contributed by atoms with van der Waals surface area (Å²) in [7, 11) is 0. The van der Waals surface area contributed by atoms with Crippen molar-refractivity contribution in [3.05, 3.63) is 23.3 Å². The number of imidazole rings is 1. The van der Waals surface area contributed by atoms with Gasteiger partial charge in [-0.15, -0.1) is 11.3 Å². The molecule has 0 aromatic carbocycles. The largest absolute Gasteiger partial charge is 0.382 e. The first-order valence-corrected chi connectivity index (χ1v) is 9.19. The molecular formula is C18H21N5S. The molecule has 0 spiro atoms. The van der Waals surface area contributed by atoms with Crippen LogP contribution in [0.1, 0.15) is 45.4 Å². The Morgan fingerprint density at radius 2 is 2.08 bits per heavy atom. The molecule has 0 saturated carbocycles. The first kappa shape index (κ1) is 16.5. The second-order valence-corrected chi connectivity index (χ2v) is 6.52. The van der Waals surface area contributed by atoms with E-state index in [4.69, 9.17) is 10.7 Å². The maximum atomic E-state index is 6.13. The summed E-state index contributed by atoms with van der Waals surface area (Å²) in [5, 5.41) is 2.05. The van der Waals surface area contributed by atoms with Crippen LogP contribution in [0.15, 0.2) is 17.5 Å². The number of rotatable bonds is 5. The molecular weight excluding hydrogens is 318 g/mol. The maximum absolute atomic E-state index is 6.13. The third kappa shape index (κ3) is 3.26. The fourth-order valence-electron chi connectivity index (χ4n) is 2.51. The summed E-state index contributed by atoms with van der Waals surface area (Å²) in [5.74, 6) is 7.93. The molecule has 0 bridgehead atoms. The monoisotopic (exact) mass is 339 g/mol. The van der Waals surface area contributed by atoms with Crippen molar-refractivity contribution in [1.82, 2.24) is 19.5 Å². The lowest BCUT2D eigenvalue weighted by atomic mass is 10.2. The lowest BCUT2D eigenvalue weighted by Gasteiger charge is -2.05. The third-order valence-electron chi connectivity index (χ3n) is 3.67. The van der Waals surface area contributed by atoms with Crippen LogP contribution in [0.2, 0.25) is 0 Å². The lowest BCUT2D eigenvalue weighted by molar-refractivity contribution is 0.698. The van der Waals surface area contributed by atoms with Crippen molar-refractivity contribution in [2.24, 2.45) is 0 Å². The SMILES string of the molecule is CCCCC#Cc1nc(N)c2nc(-c3cccs3)n(CCC)c2n1. The van der Waals surface area contributed by atoms with Crippen LogP contribution in [0.3, 0.4) is 0 Å². The Kier molecular flexibility index (Phi) is 5.11. The molecule has 3 aromatic heterocycles. The van der Waals surface area contributed by atoms with Crippen molar-refractivity contribution in [3.8, 4) is 22.5 Å². The van der Waals surface area contributed by atoms with Gasteiger partial charge in [0.1, 0.15) is 0 Å². The third-order valence-corrected chi connectivity index (χ3v) is 4.53. The number of unbranched alkanes of at least 4 members (excludes halogenated alkanes) is 2. The summed E-state index contributed by atoms with van der Waals surface area (Å²) in [6, 6.07) is 4.09. The fourth-order valence-corrected chi connectivity index (χ4v) is 3.24. The minimum absolute atomic E-state index is 0.396. The molecule has 0 unspecified atom stereocenters. The number of nitrogens with two attached hydrogens (primary N) is 1. The molecule has 3 heterocycles. The van der Waals surface area contributed by atoms with E-state index in [2.05, 4.69) is 46.3 Å². The number of fused-ring (bicyclic) bond motifs is 1.